The number of anilines is 2. The Hall–Kier alpha value is -3.52. The van der Waals surface area contributed by atoms with Crippen LogP contribution in [0.5, 0.6) is 11.5 Å². The van der Waals surface area contributed by atoms with E-state index in [0.717, 1.165) is 47.8 Å². The van der Waals surface area contributed by atoms with Crippen LogP contribution >= 0.6 is 11.6 Å². The maximum atomic E-state index is 13.1. The maximum Gasteiger partial charge on any atom is 0.321 e. The summed E-state index contributed by atoms with van der Waals surface area (Å²) in [6.07, 6.45) is 1.55. The standard InChI is InChI=1S/C27H32ClN5O3/c1-18-25(14-20-6-8-21(28)9-7-20)26(30-19(2)29-18)32-10-5-11-33(13-12-32)27(34)31-22-15-23(35-3)17-24(16-22)36-4/h6-9,15-17H,5,10-14H2,1-4H3,(H,31,34). The number of halogens is 1. The van der Waals surface area contributed by atoms with Gasteiger partial charge in [0.25, 0.3) is 0 Å². The van der Waals surface area contributed by atoms with Crippen molar-refractivity contribution in [1.82, 2.24) is 14.9 Å². The molecule has 2 amide bonds. The van der Waals surface area contributed by atoms with Crippen molar-refractivity contribution in [3.63, 3.8) is 0 Å². The number of hydrogen-bond donors (Lipinski definition) is 1. The van der Waals surface area contributed by atoms with Gasteiger partial charge in [-0.15, -0.1) is 0 Å². The van der Waals surface area contributed by atoms with Crippen LogP contribution in [0.2, 0.25) is 5.02 Å². The lowest BCUT2D eigenvalue weighted by Gasteiger charge is -2.26. The SMILES string of the molecule is COc1cc(NC(=O)N2CCCN(c3nc(C)nc(C)c3Cc3ccc(Cl)cc3)CC2)cc(OC)c1. The van der Waals surface area contributed by atoms with Crippen molar-refractivity contribution in [3.05, 3.63) is 70.1 Å². The quantitative estimate of drug-likeness (QED) is 0.498. The number of rotatable bonds is 6. The molecule has 3 aromatic rings. The molecule has 0 saturated carbocycles. The fraction of sp³-hybridized carbons (Fsp3) is 0.370. The molecule has 1 saturated heterocycles. The Morgan fingerprint density at radius 3 is 2.33 bits per heavy atom. The number of aromatic nitrogens is 2. The van der Waals surface area contributed by atoms with Crippen LogP contribution in [-0.2, 0) is 6.42 Å². The molecular formula is C27H32ClN5O3. The van der Waals surface area contributed by atoms with Crippen LogP contribution in [0.15, 0.2) is 42.5 Å². The average molecular weight is 510 g/mol. The fourth-order valence-electron chi connectivity index (χ4n) is 4.41. The Balaban J connectivity index is 1.49. The summed E-state index contributed by atoms with van der Waals surface area (Å²) in [5.74, 6) is 2.92. The number of amides is 2. The predicted molar refractivity (Wildman–Crippen MR) is 143 cm³/mol. The zero-order chi connectivity index (χ0) is 25.7. The first-order valence-electron chi connectivity index (χ1n) is 12.0. The number of hydrogen-bond acceptors (Lipinski definition) is 6. The molecule has 4 rings (SSSR count). The molecule has 9 heteroatoms. The molecule has 1 aliphatic rings. The maximum absolute atomic E-state index is 13.1. The van der Waals surface area contributed by atoms with E-state index >= 15 is 0 Å². The molecule has 0 radical (unpaired) electrons. The van der Waals surface area contributed by atoms with Crippen molar-refractivity contribution in [3.8, 4) is 11.5 Å². The third-order valence-electron chi connectivity index (χ3n) is 6.28. The Labute approximate surface area is 217 Å². The molecule has 0 atom stereocenters. The minimum absolute atomic E-state index is 0.149. The van der Waals surface area contributed by atoms with Gasteiger partial charge in [0.1, 0.15) is 23.1 Å². The van der Waals surface area contributed by atoms with E-state index < -0.39 is 0 Å². The lowest BCUT2D eigenvalue weighted by molar-refractivity contribution is 0.215. The molecule has 36 heavy (non-hydrogen) atoms. The lowest BCUT2D eigenvalue weighted by atomic mass is 10.0. The second kappa shape index (κ2) is 11.5. The zero-order valence-electron chi connectivity index (χ0n) is 21.2. The molecule has 1 N–H and O–H groups in total. The zero-order valence-corrected chi connectivity index (χ0v) is 21.9. The van der Waals surface area contributed by atoms with Gasteiger partial charge in [-0.3, -0.25) is 0 Å². The third-order valence-corrected chi connectivity index (χ3v) is 6.54. The summed E-state index contributed by atoms with van der Waals surface area (Å²) >= 11 is 6.08. The summed E-state index contributed by atoms with van der Waals surface area (Å²) in [7, 11) is 3.17. The van der Waals surface area contributed by atoms with E-state index in [4.69, 9.17) is 26.1 Å². The molecule has 0 unspecified atom stereocenters. The number of benzene rings is 2. The summed E-state index contributed by atoms with van der Waals surface area (Å²) in [5.41, 5.74) is 3.85. The van der Waals surface area contributed by atoms with Crippen LogP contribution in [0.1, 0.15) is 29.1 Å². The number of nitrogens with zero attached hydrogens (tertiary/aromatic N) is 4. The number of nitrogens with one attached hydrogen (secondary N) is 1. The Bertz CT molecular complexity index is 1200. The molecule has 0 aliphatic carbocycles. The van der Waals surface area contributed by atoms with Crippen LogP contribution in [0.3, 0.4) is 0 Å². The summed E-state index contributed by atoms with van der Waals surface area (Å²) in [4.78, 5) is 26.7. The Morgan fingerprint density at radius 2 is 1.67 bits per heavy atom. The lowest BCUT2D eigenvalue weighted by Crippen LogP contribution is -2.38. The van der Waals surface area contributed by atoms with Gasteiger partial charge in [-0.2, -0.15) is 0 Å². The molecule has 1 fully saturated rings. The van der Waals surface area contributed by atoms with Crippen LogP contribution in [0.25, 0.3) is 0 Å². The first-order valence-corrected chi connectivity index (χ1v) is 12.4. The molecule has 1 aromatic heterocycles. The van der Waals surface area contributed by atoms with Crippen molar-refractivity contribution >= 4 is 29.1 Å². The first-order chi connectivity index (χ1) is 17.4. The summed E-state index contributed by atoms with van der Waals surface area (Å²) < 4.78 is 10.6. The van der Waals surface area contributed by atoms with Gasteiger partial charge < -0.3 is 24.6 Å². The minimum Gasteiger partial charge on any atom is -0.497 e. The number of urea groups is 1. The third kappa shape index (κ3) is 6.18. The van der Waals surface area contributed by atoms with Gasteiger partial charge >= 0.3 is 6.03 Å². The first kappa shape index (κ1) is 25.6. The topological polar surface area (TPSA) is 79.8 Å². The van der Waals surface area contributed by atoms with Gasteiger partial charge in [0.15, 0.2) is 0 Å². The van der Waals surface area contributed by atoms with Gasteiger partial charge in [-0.05, 0) is 38.0 Å². The molecule has 0 bridgehead atoms. The van der Waals surface area contributed by atoms with E-state index in [0.29, 0.717) is 41.8 Å². The highest BCUT2D eigenvalue weighted by atomic mass is 35.5. The van der Waals surface area contributed by atoms with Crippen molar-refractivity contribution in [2.75, 3.05) is 50.6 Å². The van der Waals surface area contributed by atoms with Gasteiger partial charge in [0.2, 0.25) is 0 Å². The van der Waals surface area contributed by atoms with Crippen molar-refractivity contribution < 1.29 is 14.3 Å². The highest BCUT2D eigenvalue weighted by Gasteiger charge is 2.23. The summed E-state index contributed by atoms with van der Waals surface area (Å²) in [5, 5.41) is 3.70. The molecular weight excluding hydrogens is 478 g/mol. The summed E-state index contributed by atoms with van der Waals surface area (Å²) in [6, 6.07) is 13.1. The van der Waals surface area contributed by atoms with E-state index in [1.807, 2.05) is 43.0 Å². The molecule has 1 aliphatic heterocycles. The average Bonchev–Trinajstić information content (AvgIpc) is 3.13. The number of aryl methyl sites for hydroxylation is 2. The smallest absolute Gasteiger partial charge is 0.321 e. The van der Waals surface area contributed by atoms with E-state index in [-0.39, 0.29) is 6.03 Å². The Morgan fingerprint density at radius 1 is 0.972 bits per heavy atom. The minimum atomic E-state index is -0.149. The molecule has 2 aromatic carbocycles. The molecule has 190 valence electrons. The number of carbonyl (C=O) groups is 1. The predicted octanol–water partition coefficient (Wildman–Crippen LogP) is 5.10. The van der Waals surface area contributed by atoms with Crippen LogP contribution in [0.4, 0.5) is 16.3 Å². The van der Waals surface area contributed by atoms with Crippen LogP contribution in [0, 0.1) is 13.8 Å². The summed E-state index contributed by atoms with van der Waals surface area (Å²) in [6.45, 7) is 6.67. The Kier molecular flexibility index (Phi) is 8.15. The van der Waals surface area contributed by atoms with Crippen LogP contribution < -0.4 is 19.7 Å². The number of carbonyl (C=O) groups excluding carboxylic acids is 1. The van der Waals surface area contributed by atoms with Gasteiger partial charge in [-0.25, -0.2) is 14.8 Å². The van der Waals surface area contributed by atoms with Crippen molar-refractivity contribution in [1.29, 1.82) is 0 Å². The van der Waals surface area contributed by atoms with Gasteiger partial charge in [0.05, 0.1) is 14.2 Å². The normalized spacial score (nSPS) is 13.8. The van der Waals surface area contributed by atoms with Gasteiger partial charge in [0, 0.05) is 72.8 Å². The van der Waals surface area contributed by atoms with E-state index in [1.165, 1.54) is 0 Å². The van der Waals surface area contributed by atoms with Gasteiger partial charge in [-0.1, -0.05) is 23.7 Å². The second-order valence-corrected chi connectivity index (χ2v) is 9.26. The van der Waals surface area contributed by atoms with E-state index in [1.54, 1.807) is 32.4 Å². The van der Waals surface area contributed by atoms with E-state index in [9.17, 15) is 4.79 Å². The monoisotopic (exact) mass is 509 g/mol. The molecule has 0 spiro atoms. The highest BCUT2D eigenvalue weighted by Crippen LogP contribution is 2.27. The van der Waals surface area contributed by atoms with Crippen molar-refractivity contribution in [2.45, 2.75) is 26.7 Å². The number of ether oxygens (including phenoxy) is 2. The van der Waals surface area contributed by atoms with Crippen LogP contribution in [-0.4, -0.2) is 61.3 Å². The largest absolute Gasteiger partial charge is 0.497 e. The number of methoxy groups -OCH3 is 2. The fourth-order valence-corrected chi connectivity index (χ4v) is 4.53. The second-order valence-electron chi connectivity index (χ2n) is 8.82. The highest BCUT2D eigenvalue weighted by molar-refractivity contribution is 6.30. The van der Waals surface area contributed by atoms with E-state index in [2.05, 4.69) is 15.2 Å². The van der Waals surface area contributed by atoms with Crippen molar-refractivity contribution in [2.24, 2.45) is 0 Å². The molecule has 8 nitrogen and oxygen atoms in total. The molecule has 2 heterocycles.